The summed E-state index contributed by atoms with van der Waals surface area (Å²) in [6.45, 7) is 4.04. The minimum absolute atomic E-state index is 0.362. The Kier molecular flexibility index (Phi) is 4.60. The summed E-state index contributed by atoms with van der Waals surface area (Å²) in [5.41, 5.74) is 8.71. The fourth-order valence-electron chi connectivity index (χ4n) is 1.93. The van der Waals surface area contributed by atoms with Gasteiger partial charge in [0.05, 0.1) is 12.7 Å². The number of carbonyl (C=O) groups is 1. The highest BCUT2D eigenvalue weighted by Gasteiger charge is 2.11. The fourth-order valence-corrected chi connectivity index (χ4v) is 2.12. The highest BCUT2D eigenvalue weighted by atomic mass is 35.5. The van der Waals surface area contributed by atoms with Crippen molar-refractivity contribution in [3.8, 4) is 0 Å². The second-order valence-electron chi connectivity index (χ2n) is 4.55. The number of nitrogen functional groups attached to an aromatic ring is 1. The molecule has 2 rings (SSSR count). The van der Waals surface area contributed by atoms with Gasteiger partial charge in [0.15, 0.2) is 0 Å². The first-order valence-electron chi connectivity index (χ1n) is 6.27. The predicted molar refractivity (Wildman–Crippen MR) is 84.2 cm³/mol. The molecule has 108 valence electrons. The van der Waals surface area contributed by atoms with Crippen molar-refractivity contribution >= 4 is 29.0 Å². The molecular formula is C16H15ClN2O2. The van der Waals surface area contributed by atoms with Crippen LogP contribution in [-0.2, 0) is 11.2 Å². The standard InChI is InChI=1S/C16H15ClN2O2/c1-10(11-4-3-5-14(17)8-11)6-12-7-13(16(20)21-2)9-19-15(12)18/h3-5,7-9H,1,6H2,2H3,(H2,18,19). The number of allylic oxidation sites excluding steroid dienone is 1. The number of anilines is 1. The van der Waals surface area contributed by atoms with E-state index in [4.69, 9.17) is 17.3 Å². The molecule has 0 aliphatic rings. The Hall–Kier alpha value is -2.33. The molecule has 0 aliphatic carbocycles. The average molecular weight is 303 g/mol. The lowest BCUT2D eigenvalue weighted by Crippen LogP contribution is -2.06. The van der Waals surface area contributed by atoms with Crippen LogP contribution in [0.2, 0.25) is 5.02 Å². The van der Waals surface area contributed by atoms with Gasteiger partial charge in [0.2, 0.25) is 0 Å². The number of benzene rings is 1. The molecule has 2 N–H and O–H groups in total. The van der Waals surface area contributed by atoms with E-state index in [-0.39, 0.29) is 0 Å². The van der Waals surface area contributed by atoms with Crippen LogP contribution < -0.4 is 5.73 Å². The van der Waals surface area contributed by atoms with Gasteiger partial charge in [0, 0.05) is 17.6 Å². The summed E-state index contributed by atoms with van der Waals surface area (Å²) in [5, 5.41) is 0.642. The van der Waals surface area contributed by atoms with Gasteiger partial charge in [0.1, 0.15) is 5.82 Å². The molecule has 4 nitrogen and oxygen atoms in total. The quantitative estimate of drug-likeness (QED) is 0.880. The first-order chi connectivity index (χ1) is 10.0. The number of hydrogen-bond acceptors (Lipinski definition) is 4. The Morgan fingerprint density at radius 1 is 1.38 bits per heavy atom. The van der Waals surface area contributed by atoms with Crippen molar-refractivity contribution in [2.24, 2.45) is 0 Å². The zero-order chi connectivity index (χ0) is 15.4. The zero-order valence-corrected chi connectivity index (χ0v) is 12.4. The van der Waals surface area contributed by atoms with Crippen LogP contribution >= 0.6 is 11.6 Å². The summed E-state index contributed by atoms with van der Waals surface area (Å²) in [4.78, 5) is 15.6. The van der Waals surface area contributed by atoms with Crippen LogP contribution in [-0.4, -0.2) is 18.1 Å². The number of nitrogens with two attached hydrogens (primary N) is 1. The molecule has 0 unspecified atom stereocenters. The predicted octanol–water partition coefficient (Wildman–Crippen LogP) is 3.36. The molecule has 1 heterocycles. The number of rotatable bonds is 4. The van der Waals surface area contributed by atoms with Gasteiger partial charge in [-0.2, -0.15) is 0 Å². The number of ether oxygens (including phenoxy) is 1. The summed E-state index contributed by atoms with van der Waals surface area (Å²) >= 11 is 5.97. The van der Waals surface area contributed by atoms with Crippen LogP contribution in [0.1, 0.15) is 21.5 Å². The van der Waals surface area contributed by atoms with Crippen molar-refractivity contribution in [1.82, 2.24) is 4.98 Å². The normalized spacial score (nSPS) is 10.2. The Bertz CT molecular complexity index is 698. The lowest BCUT2D eigenvalue weighted by atomic mass is 9.99. The van der Waals surface area contributed by atoms with E-state index >= 15 is 0 Å². The van der Waals surface area contributed by atoms with Crippen molar-refractivity contribution in [2.45, 2.75) is 6.42 Å². The van der Waals surface area contributed by atoms with Gasteiger partial charge < -0.3 is 10.5 Å². The van der Waals surface area contributed by atoms with Crippen molar-refractivity contribution < 1.29 is 9.53 Å². The van der Waals surface area contributed by atoms with Gasteiger partial charge in [-0.05, 0) is 34.9 Å². The number of aromatic nitrogens is 1. The Labute approximate surface area is 128 Å². The molecule has 0 radical (unpaired) electrons. The van der Waals surface area contributed by atoms with Crippen LogP contribution in [0.5, 0.6) is 0 Å². The molecule has 0 fully saturated rings. The summed E-state index contributed by atoms with van der Waals surface area (Å²) in [7, 11) is 1.32. The fraction of sp³-hybridized carbons (Fsp3) is 0.125. The second kappa shape index (κ2) is 6.41. The van der Waals surface area contributed by atoms with Gasteiger partial charge >= 0.3 is 5.97 Å². The maximum atomic E-state index is 11.5. The molecule has 1 aromatic carbocycles. The molecular weight excluding hydrogens is 288 g/mol. The topological polar surface area (TPSA) is 65.2 Å². The second-order valence-corrected chi connectivity index (χ2v) is 4.99. The number of esters is 1. The van der Waals surface area contributed by atoms with Crippen molar-refractivity contribution in [2.75, 3.05) is 12.8 Å². The average Bonchev–Trinajstić information content (AvgIpc) is 2.48. The molecule has 1 aromatic heterocycles. The third kappa shape index (κ3) is 3.61. The van der Waals surface area contributed by atoms with Gasteiger partial charge in [-0.1, -0.05) is 30.3 Å². The minimum atomic E-state index is -0.447. The van der Waals surface area contributed by atoms with Crippen LogP contribution in [0.3, 0.4) is 0 Å². The first-order valence-corrected chi connectivity index (χ1v) is 6.65. The van der Waals surface area contributed by atoms with Crippen molar-refractivity contribution in [3.63, 3.8) is 0 Å². The van der Waals surface area contributed by atoms with E-state index in [2.05, 4.69) is 16.3 Å². The highest BCUT2D eigenvalue weighted by molar-refractivity contribution is 6.30. The first kappa shape index (κ1) is 15.1. The number of carbonyl (C=O) groups excluding carboxylic acids is 1. The van der Waals surface area contributed by atoms with E-state index in [0.717, 1.165) is 16.7 Å². The molecule has 0 bridgehead atoms. The Morgan fingerprint density at radius 3 is 2.81 bits per heavy atom. The van der Waals surface area contributed by atoms with Crippen molar-refractivity contribution in [3.05, 3.63) is 64.8 Å². The maximum Gasteiger partial charge on any atom is 0.339 e. The van der Waals surface area contributed by atoms with Crippen LogP contribution in [0, 0.1) is 0 Å². The zero-order valence-electron chi connectivity index (χ0n) is 11.6. The summed E-state index contributed by atoms with van der Waals surface area (Å²) in [5.74, 6) is -0.0806. The Balaban J connectivity index is 2.26. The molecule has 2 aromatic rings. The molecule has 0 amide bonds. The largest absolute Gasteiger partial charge is 0.465 e. The minimum Gasteiger partial charge on any atom is -0.465 e. The van der Waals surface area contributed by atoms with E-state index in [0.29, 0.717) is 22.8 Å². The number of hydrogen-bond donors (Lipinski definition) is 1. The summed E-state index contributed by atoms with van der Waals surface area (Å²) in [6.07, 6.45) is 1.87. The SMILES string of the molecule is C=C(Cc1cc(C(=O)OC)cnc1N)c1cccc(Cl)c1. The van der Waals surface area contributed by atoms with E-state index in [1.54, 1.807) is 12.1 Å². The van der Waals surface area contributed by atoms with E-state index in [9.17, 15) is 4.79 Å². The number of nitrogens with zero attached hydrogens (tertiary/aromatic N) is 1. The monoisotopic (exact) mass is 302 g/mol. The molecule has 0 aliphatic heterocycles. The van der Waals surface area contributed by atoms with E-state index in [1.165, 1.54) is 13.3 Å². The van der Waals surface area contributed by atoms with Gasteiger partial charge in [-0.3, -0.25) is 0 Å². The molecule has 5 heteroatoms. The van der Waals surface area contributed by atoms with Gasteiger partial charge in [-0.15, -0.1) is 0 Å². The molecule has 0 atom stereocenters. The van der Waals surface area contributed by atoms with Crippen molar-refractivity contribution in [1.29, 1.82) is 0 Å². The number of methoxy groups -OCH3 is 1. The highest BCUT2D eigenvalue weighted by Crippen LogP contribution is 2.23. The van der Waals surface area contributed by atoms with Gasteiger partial charge in [-0.25, -0.2) is 9.78 Å². The third-order valence-electron chi connectivity index (χ3n) is 3.06. The smallest absolute Gasteiger partial charge is 0.339 e. The lowest BCUT2D eigenvalue weighted by molar-refractivity contribution is 0.0600. The van der Waals surface area contributed by atoms with E-state index < -0.39 is 5.97 Å². The van der Waals surface area contributed by atoms with Crippen LogP contribution in [0.15, 0.2) is 43.1 Å². The van der Waals surface area contributed by atoms with Gasteiger partial charge in [0.25, 0.3) is 0 Å². The van der Waals surface area contributed by atoms with Crippen LogP contribution in [0.25, 0.3) is 5.57 Å². The third-order valence-corrected chi connectivity index (χ3v) is 3.29. The summed E-state index contributed by atoms with van der Waals surface area (Å²) in [6, 6.07) is 9.07. The summed E-state index contributed by atoms with van der Waals surface area (Å²) < 4.78 is 4.68. The molecule has 0 saturated heterocycles. The Morgan fingerprint density at radius 2 is 2.14 bits per heavy atom. The van der Waals surface area contributed by atoms with E-state index in [1.807, 2.05) is 18.2 Å². The molecule has 21 heavy (non-hydrogen) atoms. The molecule has 0 saturated carbocycles. The maximum absolute atomic E-state index is 11.5. The number of pyridine rings is 1. The number of halogens is 1. The van der Waals surface area contributed by atoms with Crippen LogP contribution in [0.4, 0.5) is 5.82 Å². The molecule has 0 spiro atoms. The lowest BCUT2D eigenvalue weighted by Gasteiger charge is -2.10.